The molecule has 6 heteroatoms. The summed E-state index contributed by atoms with van der Waals surface area (Å²) in [7, 11) is 0. The first-order chi connectivity index (χ1) is 12.1. The molecule has 25 heavy (non-hydrogen) atoms. The monoisotopic (exact) mass is 342 g/mol. The van der Waals surface area contributed by atoms with Crippen molar-refractivity contribution < 1.29 is 8.78 Å². The Morgan fingerprint density at radius 2 is 2.00 bits per heavy atom. The summed E-state index contributed by atoms with van der Waals surface area (Å²) in [5.41, 5.74) is 2.95. The molecule has 130 valence electrons. The van der Waals surface area contributed by atoms with Crippen LogP contribution in [-0.2, 0) is 6.54 Å². The van der Waals surface area contributed by atoms with E-state index < -0.39 is 11.6 Å². The molecule has 0 aliphatic carbocycles. The highest BCUT2D eigenvalue weighted by atomic mass is 19.1. The van der Waals surface area contributed by atoms with Crippen LogP contribution in [-0.4, -0.2) is 32.9 Å². The quantitative estimate of drug-likeness (QED) is 0.784. The topological polar surface area (TPSA) is 44.8 Å². The smallest absolute Gasteiger partial charge is 0.153 e. The lowest BCUT2D eigenvalue weighted by Gasteiger charge is -2.31. The van der Waals surface area contributed by atoms with E-state index in [2.05, 4.69) is 32.0 Å². The second-order valence-corrected chi connectivity index (χ2v) is 6.75. The van der Waals surface area contributed by atoms with E-state index in [0.717, 1.165) is 37.7 Å². The van der Waals surface area contributed by atoms with E-state index in [1.54, 1.807) is 0 Å². The summed E-state index contributed by atoms with van der Waals surface area (Å²) in [4.78, 5) is 14.0. The van der Waals surface area contributed by atoms with Crippen molar-refractivity contribution in [3.8, 4) is 0 Å². The summed E-state index contributed by atoms with van der Waals surface area (Å²) in [5.74, 6) is -0.00248. The number of likely N-dealkylation sites (tertiary alicyclic amines) is 1. The molecule has 0 radical (unpaired) electrons. The van der Waals surface area contributed by atoms with Crippen molar-refractivity contribution in [1.82, 2.24) is 19.9 Å². The third-order valence-electron chi connectivity index (χ3n) is 4.92. The number of imidazole rings is 1. The summed E-state index contributed by atoms with van der Waals surface area (Å²) in [6, 6.07) is 6.38. The number of piperidine rings is 1. The summed E-state index contributed by atoms with van der Waals surface area (Å²) < 4.78 is 27.1. The molecule has 2 aromatic heterocycles. The standard InChI is InChI=1S/C19H20F2N4/c1-12-2-3-14(10-22-12)13-4-6-25(7-5-13)11-18-23-17-9-15(20)8-16(21)19(17)24-18/h2-3,8-10,13H,4-7,11H2,1H3,(H,23,24). The Morgan fingerprint density at radius 1 is 1.20 bits per heavy atom. The fraction of sp³-hybridized carbons (Fsp3) is 0.368. The summed E-state index contributed by atoms with van der Waals surface area (Å²) in [6.07, 6.45) is 4.11. The summed E-state index contributed by atoms with van der Waals surface area (Å²) >= 11 is 0. The van der Waals surface area contributed by atoms with Gasteiger partial charge in [-0.3, -0.25) is 9.88 Å². The number of fused-ring (bicyclic) bond motifs is 1. The van der Waals surface area contributed by atoms with E-state index in [1.807, 2.05) is 13.1 Å². The van der Waals surface area contributed by atoms with Gasteiger partial charge in [0.15, 0.2) is 5.82 Å². The molecule has 1 aliphatic heterocycles. The van der Waals surface area contributed by atoms with Crippen molar-refractivity contribution in [1.29, 1.82) is 0 Å². The Bertz CT molecular complexity index is 880. The number of aryl methyl sites for hydroxylation is 1. The lowest BCUT2D eigenvalue weighted by molar-refractivity contribution is 0.201. The average molecular weight is 342 g/mol. The second-order valence-electron chi connectivity index (χ2n) is 6.75. The van der Waals surface area contributed by atoms with E-state index >= 15 is 0 Å². The van der Waals surface area contributed by atoms with Crippen LogP contribution in [0.5, 0.6) is 0 Å². The predicted molar refractivity (Wildman–Crippen MR) is 92.2 cm³/mol. The fourth-order valence-corrected chi connectivity index (χ4v) is 3.53. The van der Waals surface area contributed by atoms with Crippen molar-refractivity contribution in [2.75, 3.05) is 13.1 Å². The van der Waals surface area contributed by atoms with Gasteiger partial charge in [0, 0.05) is 18.0 Å². The second kappa shape index (κ2) is 6.52. The number of hydrogen-bond acceptors (Lipinski definition) is 3. The lowest BCUT2D eigenvalue weighted by Crippen LogP contribution is -2.32. The first-order valence-electron chi connectivity index (χ1n) is 8.57. The number of aromatic nitrogens is 3. The highest BCUT2D eigenvalue weighted by molar-refractivity contribution is 5.75. The number of halogens is 2. The molecule has 0 unspecified atom stereocenters. The van der Waals surface area contributed by atoms with Gasteiger partial charge in [0.1, 0.15) is 17.2 Å². The maximum absolute atomic E-state index is 13.8. The zero-order valence-electron chi connectivity index (χ0n) is 14.1. The predicted octanol–water partition coefficient (Wildman–Crippen LogP) is 3.92. The van der Waals surface area contributed by atoms with Gasteiger partial charge >= 0.3 is 0 Å². The molecule has 0 amide bonds. The molecule has 3 heterocycles. The summed E-state index contributed by atoms with van der Waals surface area (Å²) in [6.45, 7) is 4.52. The van der Waals surface area contributed by atoms with Gasteiger partial charge in [0.05, 0.1) is 12.1 Å². The average Bonchev–Trinajstić information content (AvgIpc) is 2.99. The minimum atomic E-state index is -0.622. The van der Waals surface area contributed by atoms with Gasteiger partial charge in [-0.15, -0.1) is 0 Å². The molecule has 0 atom stereocenters. The number of nitrogens with zero attached hydrogens (tertiary/aromatic N) is 3. The Morgan fingerprint density at radius 3 is 2.72 bits per heavy atom. The Kier molecular flexibility index (Phi) is 4.21. The third kappa shape index (κ3) is 3.39. The normalized spacial score (nSPS) is 16.6. The van der Waals surface area contributed by atoms with Gasteiger partial charge < -0.3 is 4.98 Å². The van der Waals surface area contributed by atoms with E-state index in [4.69, 9.17) is 0 Å². The Hall–Kier alpha value is -2.34. The van der Waals surface area contributed by atoms with Crippen LogP contribution in [0.15, 0.2) is 30.5 Å². The number of H-pyrrole nitrogens is 1. The maximum atomic E-state index is 13.8. The van der Waals surface area contributed by atoms with Crippen LogP contribution in [0.4, 0.5) is 8.78 Å². The van der Waals surface area contributed by atoms with Gasteiger partial charge in [0.2, 0.25) is 0 Å². The molecule has 0 saturated carbocycles. The van der Waals surface area contributed by atoms with Crippen LogP contribution < -0.4 is 0 Å². The van der Waals surface area contributed by atoms with Gasteiger partial charge in [-0.25, -0.2) is 13.8 Å². The Balaban J connectivity index is 1.41. The van der Waals surface area contributed by atoms with Crippen LogP contribution in [0.3, 0.4) is 0 Å². The molecule has 1 fully saturated rings. The molecular weight excluding hydrogens is 322 g/mol. The first-order valence-corrected chi connectivity index (χ1v) is 8.57. The first kappa shape index (κ1) is 16.1. The molecular formula is C19H20F2N4. The van der Waals surface area contributed by atoms with Crippen LogP contribution in [0.2, 0.25) is 0 Å². The third-order valence-corrected chi connectivity index (χ3v) is 4.92. The van der Waals surface area contributed by atoms with E-state index in [-0.39, 0.29) is 5.52 Å². The highest BCUT2D eigenvalue weighted by Crippen LogP contribution is 2.28. The molecule has 4 nitrogen and oxygen atoms in total. The zero-order valence-corrected chi connectivity index (χ0v) is 14.1. The van der Waals surface area contributed by atoms with Gasteiger partial charge in [-0.05, 0) is 56.5 Å². The van der Waals surface area contributed by atoms with Crippen molar-refractivity contribution >= 4 is 11.0 Å². The van der Waals surface area contributed by atoms with Crippen molar-refractivity contribution in [2.24, 2.45) is 0 Å². The van der Waals surface area contributed by atoms with Gasteiger partial charge in [0.25, 0.3) is 0 Å². The minimum Gasteiger partial charge on any atom is -0.341 e. The number of pyridine rings is 1. The lowest BCUT2D eigenvalue weighted by atomic mass is 9.90. The van der Waals surface area contributed by atoms with E-state index in [1.165, 1.54) is 11.6 Å². The number of aromatic amines is 1. The van der Waals surface area contributed by atoms with E-state index in [0.29, 0.717) is 23.8 Å². The summed E-state index contributed by atoms with van der Waals surface area (Å²) in [5, 5.41) is 0. The molecule has 1 aromatic carbocycles. The van der Waals surface area contributed by atoms with Crippen molar-refractivity contribution in [3.05, 3.63) is 59.2 Å². The number of nitrogens with one attached hydrogen (secondary N) is 1. The van der Waals surface area contributed by atoms with Crippen LogP contribution in [0, 0.1) is 18.6 Å². The molecule has 4 rings (SSSR count). The molecule has 1 saturated heterocycles. The molecule has 1 aliphatic rings. The molecule has 1 N–H and O–H groups in total. The SMILES string of the molecule is Cc1ccc(C2CCN(Cc3nc4c(F)cc(F)cc4[nH]3)CC2)cn1. The van der Waals surface area contributed by atoms with Crippen LogP contribution in [0.25, 0.3) is 11.0 Å². The molecule has 0 bridgehead atoms. The fourth-order valence-electron chi connectivity index (χ4n) is 3.53. The number of hydrogen-bond donors (Lipinski definition) is 1. The van der Waals surface area contributed by atoms with Gasteiger partial charge in [-0.1, -0.05) is 6.07 Å². The number of benzene rings is 1. The number of rotatable bonds is 3. The largest absolute Gasteiger partial charge is 0.341 e. The van der Waals surface area contributed by atoms with Crippen molar-refractivity contribution in [2.45, 2.75) is 32.2 Å². The minimum absolute atomic E-state index is 0.206. The molecule has 0 spiro atoms. The van der Waals surface area contributed by atoms with Crippen LogP contribution >= 0.6 is 0 Å². The van der Waals surface area contributed by atoms with Crippen molar-refractivity contribution in [3.63, 3.8) is 0 Å². The van der Waals surface area contributed by atoms with Crippen LogP contribution in [0.1, 0.15) is 35.8 Å². The highest BCUT2D eigenvalue weighted by Gasteiger charge is 2.22. The maximum Gasteiger partial charge on any atom is 0.153 e. The Labute approximate surface area is 144 Å². The van der Waals surface area contributed by atoms with Gasteiger partial charge in [-0.2, -0.15) is 0 Å². The molecule has 3 aromatic rings. The zero-order chi connectivity index (χ0) is 17.4. The van der Waals surface area contributed by atoms with E-state index in [9.17, 15) is 8.78 Å².